The number of aromatic nitrogens is 1. The van der Waals surface area contributed by atoms with E-state index >= 15 is 0 Å². The summed E-state index contributed by atoms with van der Waals surface area (Å²) in [5.41, 5.74) is 3.27. The van der Waals surface area contributed by atoms with Crippen molar-refractivity contribution in [3.63, 3.8) is 0 Å². The van der Waals surface area contributed by atoms with Gasteiger partial charge in [0, 0.05) is 32.1 Å². The zero-order valence-corrected chi connectivity index (χ0v) is 14.4. The number of benzene rings is 1. The zero-order valence-electron chi connectivity index (χ0n) is 14.4. The molecule has 1 aromatic carbocycles. The number of pyridine rings is 1. The monoisotopic (exact) mass is 339 g/mol. The van der Waals surface area contributed by atoms with E-state index in [0.29, 0.717) is 19.2 Å². The quantitative estimate of drug-likeness (QED) is 0.846. The first-order valence-electron chi connectivity index (χ1n) is 8.94. The molecule has 5 heteroatoms. The average Bonchev–Trinajstić information content (AvgIpc) is 2.68. The minimum absolute atomic E-state index is 0.132. The van der Waals surface area contributed by atoms with Crippen LogP contribution in [0.25, 0.3) is 11.1 Å². The third kappa shape index (κ3) is 5.57. The van der Waals surface area contributed by atoms with E-state index in [1.54, 1.807) is 6.20 Å². The average molecular weight is 339 g/mol. The summed E-state index contributed by atoms with van der Waals surface area (Å²) in [6, 6.07) is 12.0. The molecule has 0 aliphatic carbocycles. The summed E-state index contributed by atoms with van der Waals surface area (Å²) in [5.74, 6) is 0. The van der Waals surface area contributed by atoms with Gasteiger partial charge in [-0.1, -0.05) is 30.3 Å². The molecule has 1 saturated heterocycles. The standard InChI is InChI=1S/C20H25N3O2/c24-20(22-12-10-19-5-1-2-13-25-19)23-14-16-6-8-17(9-7-16)18-4-3-11-21-15-18/h3-4,6-9,11,15,19H,1-2,5,10,12-14H2,(H2,22,23,24)/t19-/m0/s1. The molecule has 2 N–H and O–H groups in total. The van der Waals surface area contributed by atoms with Crippen molar-refractivity contribution in [1.29, 1.82) is 0 Å². The van der Waals surface area contributed by atoms with E-state index in [0.717, 1.165) is 42.6 Å². The molecule has 3 rings (SSSR count). The van der Waals surface area contributed by atoms with Gasteiger partial charge in [-0.15, -0.1) is 0 Å². The molecule has 1 atom stereocenters. The molecule has 2 amide bonds. The van der Waals surface area contributed by atoms with Gasteiger partial charge in [-0.05, 0) is 48.4 Å². The SMILES string of the molecule is O=C(NCC[C@@H]1CCCCO1)NCc1ccc(-c2cccnc2)cc1. The Hall–Kier alpha value is -2.40. The van der Waals surface area contributed by atoms with Crippen molar-refractivity contribution in [2.45, 2.75) is 38.3 Å². The summed E-state index contributed by atoms with van der Waals surface area (Å²) in [6.45, 7) is 2.02. The molecule has 1 aliphatic heterocycles. The Morgan fingerprint density at radius 1 is 1.12 bits per heavy atom. The van der Waals surface area contributed by atoms with Crippen molar-refractivity contribution in [2.75, 3.05) is 13.2 Å². The van der Waals surface area contributed by atoms with Crippen molar-refractivity contribution in [3.05, 3.63) is 54.4 Å². The highest BCUT2D eigenvalue weighted by Crippen LogP contribution is 2.18. The van der Waals surface area contributed by atoms with Crippen LogP contribution in [0.3, 0.4) is 0 Å². The number of carbonyl (C=O) groups is 1. The van der Waals surface area contributed by atoms with Crippen LogP contribution < -0.4 is 10.6 Å². The van der Waals surface area contributed by atoms with Crippen LogP contribution in [0.1, 0.15) is 31.2 Å². The summed E-state index contributed by atoms with van der Waals surface area (Å²) in [5, 5.41) is 5.79. The van der Waals surface area contributed by atoms with Gasteiger partial charge in [0.2, 0.25) is 0 Å². The first-order valence-corrected chi connectivity index (χ1v) is 8.94. The van der Waals surface area contributed by atoms with E-state index in [4.69, 9.17) is 4.74 Å². The number of urea groups is 1. The Morgan fingerprint density at radius 3 is 2.72 bits per heavy atom. The van der Waals surface area contributed by atoms with Gasteiger partial charge in [0.25, 0.3) is 0 Å². The van der Waals surface area contributed by atoms with Crippen molar-refractivity contribution in [1.82, 2.24) is 15.6 Å². The van der Waals surface area contributed by atoms with Gasteiger partial charge in [0.1, 0.15) is 0 Å². The third-order valence-electron chi connectivity index (χ3n) is 4.43. The Bertz CT molecular complexity index is 652. The maximum atomic E-state index is 11.9. The van der Waals surface area contributed by atoms with Crippen molar-refractivity contribution < 1.29 is 9.53 Å². The van der Waals surface area contributed by atoms with E-state index in [2.05, 4.69) is 15.6 Å². The van der Waals surface area contributed by atoms with Crippen LogP contribution in [0.15, 0.2) is 48.8 Å². The van der Waals surface area contributed by atoms with Crippen LogP contribution >= 0.6 is 0 Å². The summed E-state index contributed by atoms with van der Waals surface area (Å²) in [4.78, 5) is 16.0. The maximum Gasteiger partial charge on any atom is 0.315 e. The lowest BCUT2D eigenvalue weighted by molar-refractivity contribution is 0.0120. The molecule has 1 aliphatic rings. The molecular weight excluding hydrogens is 314 g/mol. The number of carbonyl (C=O) groups excluding carboxylic acids is 1. The molecule has 0 radical (unpaired) electrons. The lowest BCUT2D eigenvalue weighted by atomic mass is 10.1. The van der Waals surface area contributed by atoms with E-state index in [1.165, 1.54) is 6.42 Å². The van der Waals surface area contributed by atoms with Gasteiger partial charge < -0.3 is 15.4 Å². The van der Waals surface area contributed by atoms with Gasteiger partial charge >= 0.3 is 6.03 Å². The minimum atomic E-state index is -0.132. The molecule has 0 bridgehead atoms. The highest BCUT2D eigenvalue weighted by Gasteiger charge is 2.13. The number of rotatable bonds is 6. The van der Waals surface area contributed by atoms with Gasteiger partial charge in [0.15, 0.2) is 0 Å². The maximum absolute atomic E-state index is 11.9. The molecule has 132 valence electrons. The summed E-state index contributed by atoms with van der Waals surface area (Å²) in [6.07, 6.45) is 8.28. The normalized spacial score (nSPS) is 17.0. The lowest BCUT2D eigenvalue weighted by Gasteiger charge is -2.22. The van der Waals surface area contributed by atoms with Crippen LogP contribution in [-0.2, 0) is 11.3 Å². The Kier molecular flexibility index (Phi) is 6.40. The fourth-order valence-electron chi connectivity index (χ4n) is 2.98. The van der Waals surface area contributed by atoms with Gasteiger partial charge in [-0.25, -0.2) is 4.79 Å². The number of nitrogens with zero attached hydrogens (tertiary/aromatic N) is 1. The smallest absolute Gasteiger partial charge is 0.315 e. The lowest BCUT2D eigenvalue weighted by Crippen LogP contribution is -2.37. The summed E-state index contributed by atoms with van der Waals surface area (Å²) < 4.78 is 5.66. The van der Waals surface area contributed by atoms with Crippen LogP contribution in [0.5, 0.6) is 0 Å². The minimum Gasteiger partial charge on any atom is -0.378 e. The third-order valence-corrected chi connectivity index (χ3v) is 4.43. The van der Waals surface area contributed by atoms with Crippen LogP contribution in [0.4, 0.5) is 4.79 Å². The molecule has 0 unspecified atom stereocenters. The molecule has 1 fully saturated rings. The molecule has 25 heavy (non-hydrogen) atoms. The van der Waals surface area contributed by atoms with Gasteiger partial charge in [-0.2, -0.15) is 0 Å². The fourth-order valence-corrected chi connectivity index (χ4v) is 2.98. The Labute approximate surface area is 148 Å². The predicted octanol–water partition coefficient (Wildman–Crippen LogP) is 3.51. The molecule has 5 nitrogen and oxygen atoms in total. The first-order chi connectivity index (χ1) is 12.3. The van der Waals surface area contributed by atoms with Crippen LogP contribution in [0.2, 0.25) is 0 Å². The number of nitrogens with one attached hydrogen (secondary N) is 2. The largest absolute Gasteiger partial charge is 0.378 e. The van der Waals surface area contributed by atoms with E-state index in [1.807, 2.05) is 42.6 Å². The van der Waals surface area contributed by atoms with E-state index in [9.17, 15) is 4.79 Å². The van der Waals surface area contributed by atoms with E-state index < -0.39 is 0 Å². The highest BCUT2D eigenvalue weighted by molar-refractivity contribution is 5.73. The molecule has 0 saturated carbocycles. The number of hydrogen-bond acceptors (Lipinski definition) is 3. The second-order valence-electron chi connectivity index (χ2n) is 6.33. The Morgan fingerprint density at radius 2 is 2.00 bits per heavy atom. The number of ether oxygens (including phenoxy) is 1. The number of amides is 2. The number of hydrogen-bond donors (Lipinski definition) is 2. The fraction of sp³-hybridized carbons (Fsp3) is 0.400. The molecule has 0 spiro atoms. The zero-order chi connectivity index (χ0) is 17.3. The summed E-state index contributed by atoms with van der Waals surface area (Å²) >= 11 is 0. The van der Waals surface area contributed by atoms with E-state index in [-0.39, 0.29) is 6.03 Å². The van der Waals surface area contributed by atoms with Crippen LogP contribution in [0, 0.1) is 0 Å². The van der Waals surface area contributed by atoms with Crippen molar-refractivity contribution >= 4 is 6.03 Å². The van der Waals surface area contributed by atoms with Crippen molar-refractivity contribution in [3.8, 4) is 11.1 Å². The predicted molar refractivity (Wildman–Crippen MR) is 98.1 cm³/mol. The highest BCUT2D eigenvalue weighted by atomic mass is 16.5. The van der Waals surface area contributed by atoms with Gasteiger partial charge in [-0.3, -0.25) is 4.98 Å². The Balaban J connectivity index is 1.38. The molecule has 1 aromatic heterocycles. The topological polar surface area (TPSA) is 63.2 Å². The molecular formula is C20H25N3O2. The molecule has 2 aromatic rings. The molecule has 2 heterocycles. The summed E-state index contributed by atoms with van der Waals surface area (Å²) in [7, 11) is 0. The second-order valence-corrected chi connectivity index (χ2v) is 6.33. The second kappa shape index (κ2) is 9.18. The van der Waals surface area contributed by atoms with Crippen LogP contribution in [-0.4, -0.2) is 30.3 Å². The van der Waals surface area contributed by atoms with Gasteiger partial charge in [0.05, 0.1) is 6.10 Å². The van der Waals surface area contributed by atoms with Crippen molar-refractivity contribution in [2.24, 2.45) is 0 Å². The first kappa shape index (κ1) is 17.4.